The van der Waals surface area contributed by atoms with Crippen LogP contribution in [0.25, 0.3) is 0 Å². The van der Waals surface area contributed by atoms with Crippen molar-refractivity contribution in [3.63, 3.8) is 0 Å². The quantitative estimate of drug-likeness (QED) is 0.262. The standard InChI is InChI=1S/C35H35Cl2FN2O6S/c1-5-23-29(41)17-27(25-14-19(36)8-13-30(25)46-34(3,4)32(42)40-47(44,45)22-10-11-22)35(31(23)24-16-21(38)9-6-18(24)2)26-12-7-20(37)15-28(26)39-33(35)43/h6-9,12-16,22-23,27,31H,5,10-11,17H2,1-4H3,(H,39,43)(H,40,42). The summed E-state index contributed by atoms with van der Waals surface area (Å²) in [6.07, 6.45) is 1.26. The molecule has 6 rings (SSSR count). The first-order chi connectivity index (χ1) is 22.1. The Bertz CT molecular complexity index is 1930. The first kappa shape index (κ1) is 33.4. The Balaban J connectivity index is 1.57. The fraction of sp³-hybridized carbons (Fsp3) is 0.400. The summed E-state index contributed by atoms with van der Waals surface area (Å²) >= 11 is 13.0. The zero-order valence-electron chi connectivity index (χ0n) is 26.3. The van der Waals surface area contributed by atoms with E-state index in [9.17, 15) is 22.8 Å². The number of aryl methyl sites for hydroxylation is 1. The number of carbonyl (C=O) groups excluding carboxylic acids is 3. The van der Waals surface area contributed by atoms with E-state index in [4.69, 9.17) is 27.9 Å². The number of rotatable bonds is 8. The summed E-state index contributed by atoms with van der Waals surface area (Å²) in [4.78, 5) is 42.2. The third kappa shape index (κ3) is 5.72. The van der Waals surface area contributed by atoms with E-state index in [1.165, 1.54) is 26.0 Å². The predicted molar refractivity (Wildman–Crippen MR) is 178 cm³/mol. The number of hydrogen-bond acceptors (Lipinski definition) is 6. The van der Waals surface area contributed by atoms with Crippen LogP contribution in [0.5, 0.6) is 5.75 Å². The van der Waals surface area contributed by atoms with Gasteiger partial charge in [-0.3, -0.25) is 14.4 Å². The average molecular weight is 702 g/mol. The van der Waals surface area contributed by atoms with Gasteiger partial charge in [-0.05, 0) is 99.2 Å². The fourth-order valence-corrected chi connectivity index (χ4v) is 9.14. The van der Waals surface area contributed by atoms with E-state index in [-0.39, 0.29) is 18.0 Å². The van der Waals surface area contributed by atoms with Gasteiger partial charge in [0.2, 0.25) is 15.9 Å². The van der Waals surface area contributed by atoms with Gasteiger partial charge in [0.1, 0.15) is 17.3 Å². The molecule has 12 heteroatoms. The van der Waals surface area contributed by atoms with E-state index >= 15 is 4.39 Å². The third-order valence-electron chi connectivity index (χ3n) is 9.79. The SMILES string of the molecule is CCC1C(=O)CC(c2cc(Cl)ccc2OC(C)(C)C(=O)NS(=O)(=O)C2CC2)C2(C(=O)Nc3cc(Cl)ccc32)C1c1cc(F)ccc1C. The Morgan fingerprint density at radius 3 is 2.40 bits per heavy atom. The fourth-order valence-electron chi connectivity index (χ4n) is 7.36. The maximum absolute atomic E-state index is 15.0. The van der Waals surface area contributed by atoms with Crippen LogP contribution in [-0.4, -0.2) is 36.9 Å². The maximum atomic E-state index is 15.0. The van der Waals surface area contributed by atoms with Gasteiger partial charge < -0.3 is 10.1 Å². The second-order valence-corrected chi connectivity index (χ2v) is 16.0. The number of benzene rings is 3. The van der Waals surface area contributed by atoms with E-state index in [2.05, 4.69) is 10.0 Å². The highest BCUT2D eigenvalue weighted by atomic mass is 35.5. The molecule has 3 aromatic carbocycles. The van der Waals surface area contributed by atoms with E-state index in [1.807, 2.05) is 13.8 Å². The number of sulfonamides is 1. The van der Waals surface area contributed by atoms with Crippen molar-refractivity contribution < 1.29 is 31.9 Å². The molecule has 0 saturated heterocycles. The van der Waals surface area contributed by atoms with E-state index < -0.39 is 61.7 Å². The molecule has 1 aliphatic heterocycles. The molecule has 3 aromatic rings. The number of ether oxygens (including phenoxy) is 1. The lowest BCUT2D eigenvalue weighted by molar-refractivity contribution is -0.134. The largest absolute Gasteiger partial charge is 0.478 e. The molecule has 4 unspecified atom stereocenters. The van der Waals surface area contributed by atoms with Crippen molar-refractivity contribution in [1.82, 2.24) is 4.72 Å². The van der Waals surface area contributed by atoms with Crippen LogP contribution in [0.4, 0.5) is 10.1 Å². The highest BCUT2D eigenvalue weighted by molar-refractivity contribution is 7.90. The molecule has 47 heavy (non-hydrogen) atoms. The van der Waals surface area contributed by atoms with Crippen molar-refractivity contribution in [2.75, 3.05) is 5.32 Å². The average Bonchev–Trinajstić information content (AvgIpc) is 3.82. The van der Waals surface area contributed by atoms with Gasteiger partial charge in [0.05, 0.1) is 10.7 Å². The second-order valence-electron chi connectivity index (χ2n) is 13.2. The van der Waals surface area contributed by atoms with Crippen LogP contribution in [0.2, 0.25) is 10.0 Å². The number of Topliss-reactive ketones (excluding diaryl/α,β-unsaturated/α-hetero) is 1. The van der Waals surface area contributed by atoms with Crippen molar-refractivity contribution in [2.45, 2.75) is 81.5 Å². The molecule has 2 aliphatic carbocycles. The summed E-state index contributed by atoms with van der Waals surface area (Å²) in [6.45, 7) is 6.58. The van der Waals surface area contributed by atoms with Gasteiger partial charge >= 0.3 is 0 Å². The number of halogens is 3. The van der Waals surface area contributed by atoms with E-state index in [1.54, 1.807) is 42.5 Å². The first-order valence-corrected chi connectivity index (χ1v) is 17.8. The van der Waals surface area contributed by atoms with Gasteiger partial charge in [-0.2, -0.15) is 0 Å². The van der Waals surface area contributed by atoms with Crippen molar-refractivity contribution in [1.29, 1.82) is 0 Å². The minimum Gasteiger partial charge on any atom is -0.478 e. The molecule has 2 fully saturated rings. The lowest BCUT2D eigenvalue weighted by atomic mass is 9.50. The second kappa shape index (κ2) is 11.9. The smallest absolute Gasteiger partial charge is 0.277 e. The molecule has 1 heterocycles. The number of carbonyl (C=O) groups is 3. The lowest BCUT2D eigenvalue weighted by Crippen LogP contribution is -2.54. The van der Waals surface area contributed by atoms with Crippen molar-refractivity contribution in [3.8, 4) is 5.75 Å². The third-order valence-corrected chi connectivity index (χ3v) is 12.1. The monoisotopic (exact) mass is 700 g/mol. The Morgan fingerprint density at radius 1 is 1.04 bits per heavy atom. The van der Waals surface area contributed by atoms with Crippen LogP contribution >= 0.6 is 23.2 Å². The molecule has 2 saturated carbocycles. The molecule has 0 aromatic heterocycles. The highest BCUT2D eigenvalue weighted by Gasteiger charge is 2.64. The lowest BCUT2D eigenvalue weighted by Gasteiger charge is -2.50. The minimum atomic E-state index is -3.86. The number of hydrogen-bond donors (Lipinski definition) is 2. The Kier molecular flexibility index (Phi) is 8.46. The topological polar surface area (TPSA) is 119 Å². The molecular formula is C35H35Cl2FN2O6S. The van der Waals surface area contributed by atoms with Crippen LogP contribution < -0.4 is 14.8 Å². The summed E-state index contributed by atoms with van der Waals surface area (Å²) in [5.41, 5.74) is -0.456. The van der Waals surface area contributed by atoms with Crippen LogP contribution in [0.3, 0.4) is 0 Å². The van der Waals surface area contributed by atoms with Crippen molar-refractivity contribution >= 4 is 56.5 Å². The van der Waals surface area contributed by atoms with Crippen molar-refractivity contribution in [3.05, 3.63) is 92.7 Å². The summed E-state index contributed by atoms with van der Waals surface area (Å²) < 4.78 is 48.7. The molecular weight excluding hydrogens is 666 g/mol. The molecule has 0 radical (unpaired) electrons. The number of fused-ring (bicyclic) bond motifs is 2. The van der Waals surface area contributed by atoms with Gasteiger partial charge in [0.15, 0.2) is 5.60 Å². The Labute approximate surface area is 283 Å². The molecule has 1 spiro atoms. The summed E-state index contributed by atoms with van der Waals surface area (Å²) in [5, 5.41) is 3.07. The molecule has 2 N–H and O–H groups in total. The number of nitrogens with one attached hydrogen (secondary N) is 2. The number of anilines is 1. The van der Waals surface area contributed by atoms with Crippen LogP contribution in [0, 0.1) is 18.7 Å². The summed E-state index contributed by atoms with van der Waals surface area (Å²) in [6, 6.07) is 14.2. The van der Waals surface area contributed by atoms with Gasteiger partial charge in [-0.15, -0.1) is 0 Å². The van der Waals surface area contributed by atoms with E-state index in [0.717, 1.165) is 5.56 Å². The zero-order chi connectivity index (χ0) is 34.1. The summed E-state index contributed by atoms with van der Waals surface area (Å²) in [7, 11) is -3.86. The normalized spacial score (nSPS) is 24.2. The molecule has 8 nitrogen and oxygen atoms in total. The Hall–Kier alpha value is -3.47. The first-order valence-electron chi connectivity index (χ1n) is 15.5. The summed E-state index contributed by atoms with van der Waals surface area (Å²) in [5.74, 6) is -4.06. The zero-order valence-corrected chi connectivity index (χ0v) is 28.7. The number of ketones is 1. The van der Waals surface area contributed by atoms with Crippen LogP contribution in [0.1, 0.15) is 80.5 Å². The number of amides is 2. The van der Waals surface area contributed by atoms with Gasteiger partial charge in [-0.1, -0.05) is 42.3 Å². The molecule has 4 atom stereocenters. The van der Waals surface area contributed by atoms with Crippen LogP contribution in [-0.2, 0) is 29.8 Å². The van der Waals surface area contributed by atoms with Crippen LogP contribution in [0.15, 0.2) is 54.6 Å². The Morgan fingerprint density at radius 2 is 1.72 bits per heavy atom. The molecule has 248 valence electrons. The predicted octanol–water partition coefficient (Wildman–Crippen LogP) is 6.96. The molecule has 2 amide bonds. The molecule has 3 aliphatic rings. The van der Waals surface area contributed by atoms with Gasteiger partial charge in [0, 0.05) is 45.5 Å². The minimum absolute atomic E-state index is 0.0851. The van der Waals surface area contributed by atoms with Gasteiger partial charge in [0.25, 0.3) is 5.91 Å². The highest BCUT2D eigenvalue weighted by Crippen LogP contribution is 2.63. The van der Waals surface area contributed by atoms with Crippen molar-refractivity contribution in [2.24, 2.45) is 5.92 Å². The van der Waals surface area contributed by atoms with Gasteiger partial charge in [-0.25, -0.2) is 17.5 Å². The maximum Gasteiger partial charge on any atom is 0.277 e. The van der Waals surface area contributed by atoms with E-state index in [0.29, 0.717) is 51.7 Å². The molecule has 0 bridgehead atoms.